The third-order valence-electron chi connectivity index (χ3n) is 2.83. The largest absolute Gasteiger partial charge is 0.308 e. The van der Waals surface area contributed by atoms with Gasteiger partial charge in [-0.1, -0.05) is 46.9 Å². The maximum absolute atomic E-state index is 12.1. The summed E-state index contributed by atoms with van der Waals surface area (Å²) in [5, 5.41) is 3.89. The number of amides is 1. The molecule has 1 N–H and O–H groups in total. The minimum absolute atomic E-state index is 0.157. The number of halogens is 3. The molecule has 0 aliphatic heterocycles. The van der Waals surface area contributed by atoms with Crippen LogP contribution in [-0.2, 0) is 10.5 Å². The average molecular weight is 376 g/mol. The monoisotopic (exact) mass is 374 g/mol. The molecule has 116 valence electrons. The van der Waals surface area contributed by atoms with E-state index in [1.54, 1.807) is 0 Å². The summed E-state index contributed by atoms with van der Waals surface area (Å²) in [6.07, 6.45) is 1.44. The van der Waals surface area contributed by atoms with Gasteiger partial charge in [0.25, 0.3) is 0 Å². The van der Waals surface area contributed by atoms with Gasteiger partial charge in [0.2, 0.25) is 5.91 Å². The lowest BCUT2D eigenvalue weighted by atomic mass is 10.2. The van der Waals surface area contributed by atoms with Crippen molar-refractivity contribution in [3.05, 3.63) is 57.2 Å². The normalized spacial score (nSPS) is 12.0. The fraction of sp³-hybridized carbons (Fsp3) is 0.200. The van der Waals surface area contributed by atoms with Gasteiger partial charge >= 0.3 is 0 Å². The Morgan fingerprint density at radius 2 is 1.91 bits per heavy atom. The molecule has 0 aliphatic carbocycles. The van der Waals surface area contributed by atoms with E-state index in [1.165, 1.54) is 24.0 Å². The highest BCUT2D eigenvalue weighted by molar-refractivity contribution is 7.99. The molecule has 0 radical (unpaired) electrons. The number of nitrogens with zero attached hydrogens (tertiary/aromatic N) is 1. The van der Waals surface area contributed by atoms with Crippen LogP contribution in [0.15, 0.2) is 36.5 Å². The van der Waals surface area contributed by atoms with E-state index < -0.39 is 0 Å². The molecule has 2 aromatic rings. The number of hydrogen-bond acceptors (Lipinski definition) is 3. The maximum Gasteiger partial charge on any atom is 0.238 e. The SMILES string of the molecule is CC(SCc1ccc(Cl)cc1)C(=O)Nc1ncc(Cl)cc1Cl. The Balaban J connectivity index is 1.90. The van der Waals surface area contributed by atoms with E-state index in [0.29, 0.717) is 26.6 Å². The van der Waals surface area contributed by atoms with E-state index in [0.717, 1.165) is 5.56 Å². The van der Waals surface area contributed by atoms with E-state index in [2.05, 4.69) is 10.3 Å². The van der Waals surface area contributed by atoms with E-state index >= 15 is 0 Å². The standard InChI is InChI=1S/C15H13Cl3N2OS/c1-9(22-8-10-2-4-11(16)5-3-10)15(21)20-14-13(18)6-12(17)7-19-14/h2-7,9H,8H2,1H3,(H,19,20,21). The summed E-state index contributed by atoms with van der Waals surface area (Å²) in [6.45, 7) is 1.83. The van der Waals surface area contributed by atoms with Gasteiger partial charge in [0, 0.05) is 17.0 Å². The zero-order valence-corrected chi connectivity index (χ0v) is 14.7. The van der Waals surface area contributed by atoms with Crippen molar-refractivity contribution in [1.82, 2.24) is 4.98 Å². The molecular weight excluding hydrogens is 363 g/mol. The van der Waals surface area contributed by atoms with Crippen molar-refractivity contribution in [1.29, 1.82) is 0 Å². The first kappa shape index (κ1) is 17.4. The lowest BCUT2D eigenvalue weighted by Crippen LogP contribution is -2.23. The number of anilines is 1. The molecule has 0 fully saturated rings. The average Bonchev–Trinajstić information content (AvgIpc) is 2.49. The molecule has 1 heterocycles. The lowest BCUT2D eigenvalue weighted by molar-refractivity contribution is -0.115. The zero-order valence-electron chi connectivity index (χ0n) is 11.6. The Kier molecular flexibility index (Phi) is 6.38. The van der Waals surface area contributed by atoms with Crippen LogP contribution >= 0.6 is 46.6 Å². The van der Waals surface area contributed by atoms with E-state index in [-0.39, 0.29) is 11.2 Å². The summed E-state index contributed by atoms with van der Waals surface area (Å²) in [5.41, 5.74) is 1.11. The molecule has 1 aromatic heterocycles. The summed E-state index contributed by atoms with van der Waals surface area (Å²) in [5.74, 6) is 0.874. The van der Waals surface area contributed by atoms with Gasteiger partial charge in [0.15, 0.2) is 5.82 Å². The number of hydrogen-bond donors (Lipinski definition) is 1. The number of aromatic nitrogens is 1. The highest BCUT2D eigenvalue weighted by Gasteiger charge is 2.15. The third kappa shape index (κ3) is 5.06. The number of thioether (sulfide) groups is 1. The molecule has 0 aliphatic rings. The van der Waals surface area contributed by atoms with Crippen molar-refractivity contribution in [3.8, 4) is 0 Å². The van der Waals surface area contributed by atoms with Crippen LogP contribution in [0.1, 0.15) is 12.5 Å². The quantitative estimate of drug-likeness (QED) is 0.770. The first-order chi connectivity index (χ1) is 10.5. The first-order valence-electron chi connectivity index (χ1n) is 6.43. The third-order valence-corrected chi connectivity index (χ3v) is 4.79. The van der Waals surface area contributed by atoms with Crippen LogP contribution in [0.3, 0.4) is 0 Å². The number of rotatable bonds is 5. The Morgan fingerprint density at radius 3 is 2.55 bits per heavy atom. The summed E-state index contributed by atoms with van der Waals surface area (Å²) < 4.78 is 0. The molecule has 1 aromatic carbocycles. The van der Waals surface area contributed by atoms with Gasteiger partial charge in [0.05, 0.1) is 15.3 Å². The van der Waals surface area contributed by atoms with Gasteiger partial charge in [-0.15, -0.1) is 11.8 Å². The molecule has 1 unspecified atom stereocenters. The Hall–Kier alpha value is -0.940. The topological polar surface area (TPSA) is 42.0 Å². The second-order valence-corrected chi connectivity index (χ2v) is 7.16. The second-order valence-electron chi connectivity index (χ2n) is 4.55. The molecule has 7 heteroatoms. The van der Waals surface area contributed by atoms with Gasteiger partial charge in [-0.25, -0.2) is 4.98 Å². The van der Waals surface area contributed by atoms with Crippen molar-refractivity contribution >= 4 is 58.3 Å². The van der Waals surface area contributed by atoms with Crippen molar-refractivity contribution in [2.75, 3.05) is 5.32 Å². The van der Waals surface area contributed by atoms with Gasteiger partial charge < -0.3 is 5.32 Å². The molecule has 1 amide bonds. The number of pyridine rings is 1. The molecule has 0 spiro atoms. The number of carbonyl (C=O) groups is 1. The molecule has 2 rings (SSSR count). The molecular formula is C15H13Cl3N2OS. The van der Waals surface area contributed by atoms with Crippen LogP contribution in [0, 0.1) is 0 Å². The predicted octanol–water partition coefficient (Wildman–Crippen LogP) is 5.30. The van der Waals surface area contributed by atoms with Crippen LogP contribution in [0.2, 0.25) is 15.1 Å². The smallest absolute Gasteiger partial charge is 0.238 e. The first-order valence-corrected chi connectivity index (χ1v) is 8.62. The summed E-state index contributed by atoms with van der Waals surface area (Å²) in [7, 11) is 0. The van der Waals surface area contributed by atoms with Crippen LogP contribution in [0.5, 0.6) is 0 Å². The maximum atomic E-state index is 12.1. The summed E-state index contributed by atoms with van der Waals surface area (Å²) >= 11 is 19.1. The van der Waals surface area contributed by atoms with Gasteiger partial charge in [-0.05, 0) is 30.7 Å². The molecule has 0 saturated heterocycles. The van der Waals surface area contributed by atoms with Crippen LogP contribution in [0.25, 0.3) is 0 Å². The molecule has 3 nitrogen and oxygen atoms in total. The highest BCUT2D eigenvalue weighted by atomic mass is 35.5. The fourth-order valence-electron chi connectivity index (χ4n) is 1.60. The number of nitrogens with one attached hydrogen (secondary N) is 1. The van der Waals surface area contributed by atoms with Gasteiger partial charge in [-0.3, -0.25) is 4.79 Å². The zero-order chi connectivity index (χ0) is 16.1. The van der Waals surface area contributed by atoms with Crippen LogP contribution in [0.4, 0.5) is 5.82 Å². The van der Waals surface area contributed by atoms with E-state index in [4.69, 9.17) is 34.8 Å². The lowest BCUT2D eigenvalue weighted by Gasteiger charge is -2.12. The summed E-state index contributed by atoms with van der Waals surface area (Å²) in [6, 6.07) is 9.09. The van der Waals surface area contributed by atoms with Gasteiger partial charge in [-0.2, -0.15) is 0 Å². The highest BCUT2D eigenvalue weighted by Crippen LogP contribution is 2.24. The van der Waals surface area contributed by atoms with E-state index in [1.807, 2.05) is 31.2 Å². The van der Waals surface area contributed by atoms with Crippen molar-refractivity contribution in [3.63, 3.8) is 0 Å². The minimum atomic E-state index is -0.246. The Labute approximate surface area is 148 Å². The number of benzene rings is 1. The molecule has 22 heavy (non-hydrogen) atoms. The Morgan fingerprint density at radius 1 is 1.23 bits per heavy atom. The molecule has 0 saturated carbocycles. The fourth-order valence-corrected chi connectivity index (χ4v) is 3.00. The van der Waals surface area contributed by atoms with Crippen molar-refractivity contribution in [2.24, 2.45) is 0 Å². The predicted molar refractivity (Wildman–Crippen MR) is 95.1 cm³/mol. The molecule has 0 bridgehead atoms. The van der Waals surface area contributed by atoms with Crippen molar-refractivity contribution in [2.45, 2.75) is 17.9 Å². The Bertz CT molecular complexity index is 664. The van der Waals surface area contributed by atoms with Crippen LogP contribution < -0.4 is 5.32 Å². The molecule has 1 atom stereocenters. The number of carbonyl (C=O) groups excluding carboxylic acids is 1. The van der Waals surface area contributed by atoms with Crippen molar-refractivity contribution < 1.29 is 4.79 Å². The van der Waals surface area contributed by atoms with Gasteiger partial charge in [0.1, 0.15) is 0 Å². The summed E-state index contributed by atoms with van der Waals surface area (Å²) in [4.78, 5) is 16.1. The van der Waals surface area contributed by atoms with E-state index in [9.17, 15) is 4.79 Å². The van der Waals surface area contributed by atoms with Crippen LogP contribution in [-0.4, -0.2) is 16.1 Å². The minimum Gasteiger partial charge on any atom is -0.308 e. The second kappa shape index (κ2) is 8.06.